The molecule has 0 saturated carbocycles. The number of amides is 1. The van der Waals surface area contributed by atoms with Gasteiger partial charge in [0.05, 0.1) is 17.6 Å². The van der Waals surface area contributed by atoms with Crippen molar-refractivity contribution in [1.29, 1.82) is 0 Å². The Morgan fingerprint density at radius 1 is 0.943 bits per heavy atom. The summed E-state index contributed by atoms with van der Waals surface area (Å²) < 4.78 is 42.0. The first-order valence-electron chi connectivity index (χ1n) is 11.0. The van der Waals surface area contributed by atoms with Crippen LogP contribution in [0.15, 0.2) is 78.0 Å². The van der Waals surface area contributed by atoms with Crippen molar-refractivity contribution < 1.29 is 18.0 Å². The number of nitrogens with zero attached hydrogens (tertiary/aromatic N) is 4. The van der Waals surface area contributed by atoms with Gasteiger partial charge in [-0.05, 0) is 47.9 Å². The molecule has 0 N–H and O–H groups in total. The highest BCUT2D eigenvalue weighted by Crippen LogP contribution is 2.32. The van der Waals surface area contributed by atoms with E-state index in [1.54, 1.807) is 34.1 Å². The number of imidazole rings is 1. The van der Waals surface area contributed by atoms with E-state index in [1.165, 1.54) is 16.7 Å². The molecule has 0 spiro atoms. The molecule has 6 nitrogen and oxygen atoms in total. The molecule has 3 heterocycles. The van der Waals surface area contributed by atoms with Crippen molar-refractivity contribution in [3.05, 3.63) is 106 Å². The number of benzene rings is 2. The molecule has 0 radical (unpaired) electrons. The highest BCUT2D eigenvalue weighted by molar-refractivity contribution is 5.93. The Hall–Kier alpha value is -4.14. The first-order valence-corrected chi connectivity index (χ1v) is 11.0. The van der Waals surface area contributed by atoms with E-state index in [9.17, 15) is 22.8 Å². The third kappa shape index (κ3) is 4.25. The molecular weight excluding hydrogens is 457 g/mol. The monoisotopic (exact) mass is 478 g/mol. The smallest absolute Gasteiger partial charge is 0.331 e. The molecule has 2 aromatic heterocycles. The van der Waals surface area contributed by atoms with Crippen LogP contribution in [0.4, 0.5) is 13.2 Å². The lowest BCUT2D eigenvalue weighted by molar-refractivity contribution is -0.137. The highest BCUT2D eigenvalue weighted by Gasteiger charge is 2.30. The molecule has 1 amide bonds. The normalized spacial score (nSPS) is 13.7. The molecular formula is C26H21F3N4O2. The van der Waals surface area contributed by atoms with Crippen LogP contribution in [0.2, 0.25) is 0 Å². The lowest BCUT2D eigenvalue weighted by Crippen LogP contribution is -2.44. The van der Waals surface area contributed by atoms with Gasteiger partial charge in [0.2, 0.25) is 0 Å². The van der Waals surface area contributed by atoms with Gasteiger partial charge in [-0.15, -0.1) is 0 Å². The molecule has 4 aromatic rings. The number of halogens is 3. The van der Waals surface area contributed by atoms with Crippen molar-refractivity contribution in [3.8, 4) is 16.8 Å². The van der Waals surface area contributed by atoms with Gasteiger partial charge in [-0.25, -0.2) is 4.98 Å². The largest absolute Gasteiger partial charge is 0.416 e. The molecule has 0 saturated heterocycles. The summed E-state index contributed by atoms with van der Waals surface area (Å²) in [6.45, 7) is 2.77. The number of pyridine rings is 1. The number of aryl methyl sites for hydroxylation is 1. The van der Waals surface area contributed by atoms with Crippen molar-refractivity contribution in [1.82, 2.24) is 19.0 Å². The Labute approximate surface area is 198 Å². The predicted molar refractivity (Wildman–Crippen MR) is 124 cm³/mol. The summed E-state index contributed by atoms with van der Waals surface area (Å²) in [7, 11) is 0. The Morgan fingerprint density at radius 3 is 2.37 bits per heavy atom. The lowest BCUT2D eigenvalue weighted by atomic mass is 9.98. The van der Waals surface area contributed by atoms with Gasteiger partial charge in [-0.3, -0.25) is 9.59 Å². The van der Waals surface area contributed by atoms with Crippen LogP contribution >= 0.6 is 0 Å². The molecule has 0 bridgehead atoms. The van der Waals surface area contributed by atoms with Crippen LogP contribution in [0.3, 0.4) is 0 Å². The molecule has 178 valence electrons. The fourth-order valence-corrected chi connectivity index (χ4v) is 4.34. The van der Waals surface area contributed by atoms with Gasteiger partial charge in [-0.2, -0.15) is 13.2 Å². The Kier molecular flexibility index (Phi) is 5.55. The van der Waals surface area contributed by atoms with Crippen molar-refractivity contribution in [2.24, 2.45) is 0 Å². The van der Waals surface area contributed by atoms with Crippen molar-refractivity contribution in [2.45, 2.75) is 26.2 Å². The minimum absolute atomic E-state index is 0.266. The Morgan fingerprint density at radius 2 is 1.69 bits per heavy atom. The van der Waals surface area contributed by atoms with E-state index in [-0.39, 0.29) is 18.0 Å². The van der Waals surface area contributed by atoms with E-state index in [0.717, 1.165) is 29.0 Å². The van der Waals surface area contributed by atoms with Gasteiger partial charge in [0.15, 0.2) is 0 Å². The quantitative estimate of drug-likeness (QED) is 0.428. The van der Waals surface area contributed by atoms with Crippen LogP contribution in [0.5, 0.6) is 0 Å². The third-order valence-corrected chi connectivity index (χ3v) is 6.15. The number of carbonyl (C=O) groups excluding carboxylic acids is 1. The second-order valence-corrected chi connectivity index (χ2v) is 8.44. The summed E-state index contributed by atoms with van der Waals surface area (Å²) in [4.78, 5) is 32.1. The number of hydrogen-bond donors (Lipinski definition) is 0. The average molecular weight is 478 g/mol. The Balaban J connectivity index is 1.42. The minimum atomic E-state index is -4.40. The zero-order chi connectivity index (χ0) is 24.7. The van der Waals surface area contributed by atoms with Crippen LogP contribution in [-0.4, -0.2) is 31.5 Å². The second-order valence-electron chi connectivity index (χ2n) is 8.44. The summed E-state index contributed by atoms with van der Waals surface area (Å²) in [5, 5.41) is 0. The number of rotatable bonds is 4. The SMILES string of the molecule is Cc1cn(-c2ccc3n(c2=O)CCN(Cc2ccccc2-c2ccc(C(F)(F)F)cc2)C3=O)cn1. The molecule has 0 aliphatic carbocycles. The van der Waals surface area contributed by atoms with Crippen LogP contribution < -0.4 is 5.56 Å². The van der Waals surface area contributed by atoms with E-state index < -0.39 is 11.7 Å². The van der Waals surface area contributed by atoms with Crippen LogP contribution in [0.1, 0.15) is 27.3 Å². The standard InChI is InChI=1S/C26H21F3N4O2/c1-17-14-32(16-30-17)22-10-11-23-24(34)31(12-13-33(23)25(22)35)15-19-4-2-3-5-21(19)18-6-8-20(9-7-18)26(27,28)29/h2-11,14,16H,12-13,15H2,1H3. The van der Waals surface area contributed by atoms with Gasteiger partial charge in [0.1, 0.15) is 11.4 Å². The third-order valence-electron chi connectivity index (χ3n) is 6.15. The first kappa shape index (κ1) is 22.6. The Bertz CT molecular complexity index is 1470. The fraction of sp³-hybridized carbons (Fsp3) is 0.192. The number of carbonyl (C=O) groups is 1. The van der Waals surface area contributed by atoms with E-state index in [2.05, 4.69) is 4.98 Å². The molecule has 9 heteroatoms. The maximum Gasteiger partial charge on any atom is 0.416 e. The van der Waals surface area contributed by atoms with E-state index in [4.69, 9.17) is 0 Å². The van der Waals surface area contributed by atoms with E-state index >= 15 is 0 Å². The van der Waals surface area contributed by atoms with Gasteiger partial charge in [0.25, 0.3) is 11.5 Å². The predicted octanol–water partition coefficient (Wildman–Crippen LogP) is 4.68. The maximum absolute atomic E-state index is 13.3. The second kappa shape index (κ2) is 8.57. The van der Waals surface area contributed by atoms with Crippen LogP contribution in [0, 0.1) is 6.92 Å². The molecule has 0 unspecified atom stereocenters. The summed E-state index contributed by atoms with van der Waals surface area (Å²) in [6, 6.07) is 15.6. The van der Waals surface area contributed by atoms with Crippen molar-refractivity contribution >= 4 is 5.91 Å². The molecule has 5 rings (SSSR count). The zero-order valence-corrected chi connectivity index (χ0v) is 18.8. The van der Waals surface area contributed by atoms with Gasteiger partial charge in [0, 0.05) is 25.8 Å². The summed E-state index contributed by atoms with van der Waals surface area (Å²) >= 11 is 0. The number of fused-ring (bicyclic) bond motifs is 1. The zero-order valence-electron chi connectivity index (χ0n) is 18.8. The molecule has 1 aliphatic rings. The molecule has 0 fully saturated rings. The molecule has 2 aromatic carbocycles. The van der Waals surface area contributed by atoms with Gasteiger partial charge < -0.3 is 14.0 Å². The molecule has 0 atom stereocenters. The van der Waals surface area contributed by atoms with Gasteiger partial charge >= 0.3 is 6.18 Å². The number of aromatic nitrogens is 3. The highest BCUT2D eigenvalue weighted by atomic mass is 19.4. The molecule has 35 heavy (non-hydrogen) atoms. The van der Waals surface area contributed by atoms with Crippen LogP contribution in [-0.2, 0) is 19.3 Å². The van der Waals surface area contributed by atoms with Crippen molar-refractivity contribution in [3.63, 3.8) is 0 Å². The maximum atomic E-state index is 13.3. The lowest BCUT2D eigenvalue weighted by Gasteiger charge is -2.30. The topological polar surface area (TPSA) is 60.1 Å². The van der Waals surface area contributed by atoms with Gasteiger partial charge in [-0.1, -0.05) is 36.4 Å². The number of hydrogen-bond acceptors (Lipinski definition) is 3. The molecule has 1 aliphatic heterocycles. The number of alkyl halides is 3. The summed E-state index contributed by atoms with van der Waals surface area (Å²) in [5.74, 6) is -0.274. The minimum Gasteiger partial charge on any atom is -0.331 e. The average Bonchev–Trinajstić information content (AvgIpc) is 3.27. The van der Waals surface area contributed by atoms with Crippen LogP contribution in [0.25, 0.3) is 16.8 Å². The fourth-order valence-electron chi connectivity index (χ4n) is 4.34. The first-order chi connectivity index (χ1) is 16.7. The summed E-state index contributed by atoms with van der Waals surface area (Å²) in [5.41, 5.74) is 2.72. The van der Waals surface area contributed by atoms with E-state index in [0.29, 0.717) is 30.0 Å². The van der Waals surface area contributed by atoms with E-state index in [1.807, 2.05) is 31.2 Å². The summed E-state index contributed by atoms with van der Waals surface area (Å²) in [6.07, 6.45) is -1.09. The van der Waals surface area contributed by atoms with Crippen molar-refractivity contribution in [2.75, 3.05) is 6.54 Å².